The summed E-state index contributed by atoms with van der Waals surface area (Å²) in [5.41, 5.74) is 0.551. The van der Waals surface area contributed by atoms with E-state index in [1.54, 1.807) is 31.3 Å². The largest absolute Gasteiger partial charge is 0.319 e. The van der Waals surface area contributed by atoms with Gasteiger partial charge in [-0.15, -0.1) is 23.5 Å². The van der Waals surface area contributed by atoms with Crippen molar-refractivity contribution in [1.29, 1.82) is 0 Å². The molecule has 1 saturated heterocycles. The van der Waals surface area contributed by atoms with Crippen LogP contribution in [0.25, 0.3) is 0 Å². The molecule has 102 valence electrons. The Balaban J connectivity index is 2.62. The molecule has 0 aliphatic carbocycles. The van der Waals surface area contributed by atoms with Crippen molar-refractivity contribution >= 4 is 52.6 Å². The molecule has 0 N–H and O–H groups in total. The van der Waals surface area contributed by atoms with Gasteiger partial charge in [0.15, 0.2) is 0 Å². The lowest BCUT2D eigenvalue weighted by Gasteiger charge is -2.38. The number of hydrogen-bond donors (Lipinski definition) is 0. The van der Waals surface area contributed by atoms with Crippen molar-refractivity contribution < 1.29 is 9.59 Å². The fourth-order valence-corrected chi connectivity index (χ4v) is 4.41. The van der Waals surface area contributed by atoms with Crippen molar-refractivity contribution in [3.05, 3.63) is 29.3 Å². The number of carbonyl (C=O) groups is 2. The minimum absolute atomic E-state index is 0.450. The lowest BCUT2D eigenvalue weighted by Crippen LogP contribution is -2.47. The van der Waals surface area contributed by atoms with Crippen LogP contribution in [0.3, 0.4) is 0 Å². The molecule has 0 unspecified atom stereocenters. The van der Waals surface area contributed by atoms with Crippen LogP contribution in [0.5, 0.6) is 0 Å². The Morgan fingerprint density at radius 1 is 1.11 bits per heavy atom. The molecule has 0 aromatic heterocycles. The van der Waals surface area contributed by atoms with E-state index in [-0.39, 0.29) is 0 Å². The monoisotopic (exact) mass is 316 g/mol. The van der Waals surface area contributed by atoms with E-state index in [1.165, 1.54) is 33.3 Å². The Hall–Kier alpha value is -0.850. The van der Waals surface area contributed by atoms with Gasteiger partial charge in [-0.3, -0.25) is 19.4 Å². The Morgan fingerprint density at radius 2 is 1.68 bits per heavy atom. The fraction of sp³-hybridized carbons (Fsp3) is 0.333. The number of nitrogens with zero attached hydrogens (tertiary/aromatic N) is 2. The van der Waals surface area contributed by atoms with E-state index in [0.717, 1.165) is 0 Å². The second-order valence-corrected chi connectivity index (χ2v) is 6.53. The van der Waals surface area contributed by atoms with Crippen LogP contribution in [0, 0.1) is 0 Å². The molecule has 7 heteroatoms. The predicted octanol–water partition coefficient (Wildman–Crippen LogP) is 2.48. The number of benzene rings is 1. The first kappa shape index (κ1) is 14.6. The lowest BCUT2D eigenvalue weighted by molar-refractivity contribution is -0.139. The zero-order valence-electron chi connectivity index (χ0n) is 10.7. The van der Waals surface area contributed by atoms with Gasteiger partial charge >= 0.3 is 11.8 Å². The highest BCUT2D eigenvalue weighted by molar-refractivity contribution is 8.17. The van der Waals surface area contributed by atoms with Crippen molar-refractivity contribution in [3.8, 4) is 0 Å². The summed E-state index contributed by atoms with van der Waals surface area (Å²) in [6, 6.07) is 7.03. The van der Waals surface area contributed by atoms with Gasteiger partial charge in [0.2, 0.25) is 4.33 Å². The zero-order valence-corrected chi connectivity index (χ0v) is 13.1. The molecular weight excluding hydrogens is 304 g/mol. The molecule has 4 nitrogen and oxygen atoms in total. The molecule has 0 spiro atoms. The SMILES string of the molecule is CSC1(SC)N(C)C(=O)C(=O)N1c1ccccc1Cl. The third-order valence-electron chi connectivity index (χ3n) is 3.02. The third kappa shape index (κ3) is 2.02. The number of amides is 2. The number of likely N-dealkylation sites (N-methyl/N-ethyl adjacent to an activating group) is 1. The van der Waals surface area contributed by atoms with Crippen LogP contribution in [0.1, 0.15) is 0 Å². The highest BCUT2D eigenvalue weighted by Gasteiger charge is 2.55. The number of halogens is 1. The summed E-state index contributed by atoms with van der Waals surface area (Å²) in [5.74, 6) is -1.08. The second kappa shape index (κ2) is 5.26. The molecule has 1 aliphatic rings. The van der Waals surface area contributed by atoms with Crippen molar-refractivity contribution in [1.82, 2.24) is 4.90 Å². The maximum Gasteiger partial charge on any atom is 0.319 e. The summed E-state index contributed by atoms with van der Waals surface area (Å²) >= 11 is 9.01. The van der Waals surface area contributed by atoms with Crippen LogP contribution >= 0.6 is 35.1 Å². The van der Waals surface area contributed by atoms with Gasteiger partial charge in [0.25, 0.3) is 0 Å². The summed E-state index contributed by atoms with van der Waals surface area (Å²) < 4.78 is -0.792. The third-order valence-corrected chi connectivity index (χ3v) is 6.32. The van der Waals surface area contributed by atoms with E-state index in [4.69, 9.17) is 11.6 Å². The minimum Gasteiger partial charge on any atom is -0.296 e. The number of para-hydroxylation sites is 1. The molecule has 0 saturated carbocycles. The summed E-state index contributed by atoms with van der Waals surface area (Å²) in [6.45, 7) is 0. The van der Waals surface area contributed by atoms with Crippen molar-refractivity contribution in [3.63, 3.8) is 0 Å². The smallest absolute Gasteiger partial charge is 0.296 e. The Bertz CT molecular complexity index is 534. The van der Waals surface area contributed by atoms with Gasteiger partial charge in [-0.05, 0) is 24.6 Å². The number of rotatable bonds is 3. The van der Waals surface area contributed by atoms with Gasteiger partial charge in [-0.1, -0.05) is 23.7 Å². The zero-order chi connectivity index (χ0) is 14.2. The minimum atomic E-state index is -0.792. The lowest BCUT2D eigenvalue weighted by atomic mass is 10.3. The average molecular weight is 317 g/mol. The highest BCUT2D eigenvalue weighted by atomic mass is 35.5. The van der Waals surface area contributed by atoms with E-state index in [1.807, 2.05) is 12.5 Å². The first-order valence-corrected chi connectivity index (χ1v) is 8.29. The molecule has 2 amide bonds. The summed E-state index contributed by atoms with van der Waals surface area (Å²) in [7, 11) is 1.63. The van der Waals surface area contributed by atoms with Gasteiger partial charge in [-0.25, -0.2) is 0 Å². The van der Waals surface area contributed by atoms with Crippen molar-refractivity contribution in [2.24, 2.45) is 0 Å². The van der Waals surface area contributed by atoms with E-state index >= 15 is 0 Å². The second-order valence-electron chi connectivity index (χ2n) is 3.91. The normalized spacial score (nSPS) is 18.3. The van der Waals surface area contributed by atoms with Gasteiger partial charge in [0, 0.05) is 7.05 Å². The molecule has 2 rings (SSSR count). The summed E-state index contributed by atoms with van der Waals surface area (Å²) in [6.07, 6.45) is 3.73. The van der Waals surface area contributed by atoms with Crippen LogP contribution < -0.4 is 4.90 Å². The van der Waals surface area contributed by atoms with Crippen LogP contribution in [0.2, 0.25) is 5.02 Å². The van der Waals surface area contributed by atoms with Gasteiger partial charge in [0.05, 0.1) is 10.7 Å². The van der Waals surface area contributed by atoms with Crippen LogP contribution in [0.4, 0.5) is 5.69 Å². The molecule has 19 heavy (non-hydrogen) atoms. The summed E-state index contributed by atoms with van der Waals surface area (Å²) in [5, 5.41) is 0.450. The van der Waals surface area contributed by atoms with E-state index < -0.39 is 16.1 Å². The molecule has 1 aliphatic heterocycles. The maximum atomic E-state index is 12.3. The Labute approximate surface area is 125 Å². The van der Waals surface area contributed by atoms with E-state index in [9.17, 15) is 9.59 Å². The molecule has 1 aromatic rings. The van der Waals surface area contributed by atoms with E-state index in [0.29, 0.717) is 10.7 Å². The Kier molecular flexibility index (Phi) is 4.03. The molecular formula is C12H13ClN2O2S2. The number of hydrogen-bond acceptors (Lipinski definition) is 4. The standard InChI is InChI=1S/C12H13ClN2O2S2/c1-14-10(16)11(17)15(12(14,18-2)19-3)9-7-5-4-6-8(9)13/h4-7H,1-3H3. The van der Waals surface area contributed by atoms with Gasteiger partial charge in [-0.2, -0.15) is 0 Å². The molecule has 1 fully saturated rings. The first-order valence-electron chi connectivity index (χ1n) is 5.46. The van der Waals surface area contributed by atoms with Gasteiger partial charge in [0.1, 0.15) is 0 Å². The molecule has 1 heterocycles. The van der Waals surface area contributed by atoms with Crippen molar-refractivity contribution in [2.75, 3.05) is 24.5 Å². The molecule has 0 atom stereocenters. The molecule has 0 radical (unpaired) electrons. The Morgan fingerprint density at radius 3 is 2.21 bits per heavy atom. The highest BCUT2D eigenvalue weighted by Crippen LogP contribution is 2.48. The number of carbonyl (C=O) groups excluding carboxylic acids is 2. The van der Waals surface area contributed by atoms with Crippen LogP contribution in [-0.4, -0.2) is 40.6 Å². The quantitative estimate of drug-likeness (QED) is 0.634. The van der Waals surface area contributed by atoms with Crippen molar-refractivity contribution in [2.45, 2.75) is 4.33 Å². The van der Waals surface area contributed by atoms with Crippen LogP contribution in [-0.2, 0) is 9.59 Å². The molecule has 0 bridgehead atoms. The summed E-state index contributed by atoms with van der Waals surface area (Å²) in [4.78, 5) is 27.2. The van der Waals surface area contributed by atoms with Crippen LogP contribution in [0.15, 0.2) is 24.3 Å². The van der Waals surface area contributed by atoms with E-state index in [2.05, 4.69) is 0 Å². The van der Waals surface area contributed by atoms with Gasteiger partial charge < -0.3 is 0 Å². The maximum absolute atomic E-state index is 12.3. The predicted molar refractivity (Wildman–Crippen MR) is 81.5 cm³/mol. The first-order chi connectivity index (χ1) is 8.99. The number of thioether (sulfide) groups is 2. The number of anilines is 1. The average Bonchev–Trinajstić information content (AvgIpc) is 2.61. The fourth-order valence-electron chi connectivity index (χ4n) is 2.08. The topological polar surface area (TPSA) is 40.6 Å². The molecule has 1 aromatic carbocycles.